The Bertz CT molecular complexity index is 1350. The van der Waals surface area contributed by atoms with Crippen molar-refractivity contribution in [1.29, 1.82) is 0 Å². The molecule has 0 fully saturated rings. The van der Waals surface area contributed by atoms with Gasteiger partial charge in [0.1, 0.15) is 11.6 Å². The smallest absolute Gasteiger partial charge is 0.326 e. The number of hydrogen-bond donors (Lipinski definition) is 1. The Morgan fingerprint density at radius 1 is 1.00 bits per heavy atom. The highest BCUT2D eigenvalue weighted by Crippen LogP contribution is 2.39. The third-order valence-corrected chi connectivity index (χ3v) is 5.71. The number of hydrogen-bond acceptors (Lipinski definition) is 5. The van der Waals surface area contributed by atoms with Crippen LogP contribution in [0, 0.1) is 5.82 Å². The number of allylic oxidation sites excluding steroid dienone is 1. The van der Waals surface area contributed by atoms with Crippen LogP contribution in [-0.2, 0) is 0 Å². The van der Waals surface area contributed by atoms with Crippen LogP contribution < -0.4 is 15.0 Å². The van der Waals surface area contributed by atoms with Gasteiger partial charge in [-0.25, -0.2) is 9.18 Å². The normalized spacial score (nSPS) is 15.9. The zero-order chi connectivity index (χ0) is 23.7. The second-order valence-electron chi connectivity index (χ2n) is 7.76. The van der Waals surface area contributed by atoms with Crippen LogP contribution in [0.4, 0.5) is 14.9 Å². The van der Waals surface area contributed by atoms with Gasteiger partial charge in [0.25, 0.3) is 5.89 Å². The number of halogens is 1. The second kappa shape index (κ2) is 8.82. The number of rotatable bonds is 5. The molecule has 4 aromatic rings. The summed E-state index contributed by atoms with van der Waals surface area (Å²) in [5, 5.41) is 7.15. The number of carbonyl (C=O) groups excluding carboxylic acids is 1. The molecule has 0 radical (unpaired) electrons. The number of anilines is 1. The summed E-state index contributed by atoms with van der Waals surface area (Å²) in [5.41, 5.74) is 3.38. The van der Waals surface area contributed by atoms with Gasteiger partial charge in [0, 0.05) is 11.3 Å². The van der Waals surface area contributed by atoms with E-state index >= 15 is 0 Å². The fourth-order valence-electron chi connectivity index (χ4n) is 4.00. The summed E-state index contributed by atoms with van der Waals surface area (Å²) in [6.45, 7) is 1.82. The Balaban J connectivity index is 1.64. The van der Waals surface area contributed by atoms with Gasteiger partial charge in [-0.2, -0.15) is 4.98 Å². The molecule has 0 spiro atoms. The van der Waals surface area contributed by atoms with E-state index in [1.165, 1.54) is 12.1 Å². The summed E-state index contributed by atoms with van der Waals surface area (Å²) in [6, 6.07) is 21.6. The van der Waals surface area contributed by atoms with E-state index in [9.17, 15) is 9.18 Å². The van der Waals surface area contributed by atoms with Crippen molar-refractivity contribution in [2.75, 3.05) is 12.0 Å². The molecule has 1 N–H and O–H groups in total. The maximum atomic E-state index is 13.6. The Morgan fingerprint density at radius 2 is 1.71 bits per heavy atom. The van der Waals surface area contributed by atoms with Crippen LogP contribution in [0.1, 0.15) is 24.4 Å². The van der Waals surface area contributed by atoms with Gasteiger partial charge < -0.3 is 14.6 Å². The molecule has 8 heteroatoms. The average molecular weight is 456 g/mol. The maximum absolute atomic E-state index is 13.6. The Morgan fingerprint density at radius 3 is 2.38 bits per heavy atom. The fourth-order valence-corrected chi connectivity index (χ4v) is 4.00. The lowest BCUT2D eigenvalue weighted by Gasteiger charge is -2.35. The van der Waals surface area contributed by atoms with Gasteiger partial charge in [-0.05, 0) is 48.9 Å². The number of benzene rings is 3. The standard InChI is InChI=1S/C26H21FN4O3/c1-16-22(25-29-24(30-34-25)18-6-4-3-5-7-18)23(17-8-10-19(27)11-9-17)28-26(32)31(16)20-12-14-21(33-2)15-13-20/h3-15,23H,1-2H3,(H,28,32). The molecule has 1 atom stereocenters. The molecule has 170 valence electrons. The van der Waals surface area contributed by atoms with Crippen LogP contribution in [0.15, 0.2) is 89.1 Å². The number of ether oxygens (including phenoxy) is 1. The Kier molecular flexibility index (Phi) is 5.55. The number of methoxy groups -OCH3 is 1. The second-order valence-corrected chi connectivity index (χ2v) is 7.76. The molecular formula is C26H21FN4O3. The molecule has 0 saturated heterocycles. The lowest BCUT2D eigenvalue weighted by atomic mass is 9.94. The first kappa shape index (κ1) is 21.4. The topological polar surface area (TPSA) is 80.5 Å². The fraction of sp³-hybridized carbons (Fsp3) is 0.115. The minimum absolute atomic E-state index is 0.268. The minimum atomic E-state index is -0.605. The van der Waals surface area contributed by atoms with Crippen LogP contribution in [0.2, 0.25) is 0 Å². The van der Waals surface area contributed by atoms with Crippen molar-refractivity contribution in [3.8, 4) is 17.1 Å². The van der Waals surface area contributed by atoms with Crippen molar-refractivity contribution < 1.29 is 18.4 Å². The van der Waals surface area contributed by atoms with Crippen molar-refractivity contribution >= 4 is 17.3 Å². The summed E-state index contributed by atoms with van der Waals surface area (Å²) in [7, 11) is 1.58. The molecule has 1 aliphatic heterocycles. The maximum Gasteiger partial charge on any atom is 0.326 e. The third kappa shape index (κ3) is 3.90. The summed E-state index contributed by atoms with van der Waals surface area (Å²) < 4.78 is 24.5. The average Bonchev–Trinajstić information content (AvgIpc) is 3.35. The quantitative estimate of drug-likeness (QED) is 0.424. The first-order valence-corrected chi connectivity index (χ1v) is 10.7. The zero-order valence-electron chi connectivity index (χ0n) is 18.5. The third-order valence-electron chi connectivity index (χ3n) is 5.71. The van der Waals surface area contributed by atoms with E-state index in [1.807, 2.05) is 37.3 Å². The number of urea groups is 1. The molecule has 1 aromatic heterocycles. The predicted octanol–water partition coefficient (Wildman–Crippen LogP) is 5.59. The van der Waals surface area contributed by atoms with E-state index in [2.05, 4.69) is 15.5 Å². The van der Waals surface area contributed by atoms with Crippen molar-refractivity contribution in [1.82, 2.24) is 15.5 Å². The van der Waals surface area contributed by atoms with E-state index < -0.39 is 6.04 Å². The molecule has 34 heavy (non-hydrogen) atoms. The monoisotopic (exact) mass is 456 g/mol. The number of nitrogens with zero attached hydrogens (tertiary/aromatic N) is 3. The molecule has 0 bridgehead atoms. The first-order valence-electron chi connectivity index (χ1n) is 10.7. The lowest BCUT2D eigenvalue weighted by molar-refractivity contribution is 0.244. The van der Waals surface area contributed by atoms with Gasteiger partial charge in [0.05, 0.1) is 24.4 Å². The van der Waals surface area contributed by atoms with E-state index in [4.69, 9.17) is 9.26 Å². The van der Waals surface area contributed by atoms with Gasteiger partial charge >= 0.3 is 6.03 Å². The molecule has 1 unspecified atom stereocenters. The summed E-state index contributed by atoms with van der Waals surface area (Å²) in [4.78, 5) is 19.4. The Hall–Kier alpha value is -4.46. The largest absolute Gasteiger partial charge is 0.497 e. The van der Waals surface area contributed by atoms with Crippen LogP contribution in [-0.4, -0.2) is 23.3 Å². The van der Waals surface area contributed by atoms with Gasteiger partial charge in [-0.15, -0.1) is 0 Å². The predicted molar refractivity (Wildman–Crippen MR) is 125 cm³/mol. The summed E-state index contributed by atoms with van der Waals surface area (Å²) in [6.07, 6.45) is 0. The molecular weight excluding hydrogens is 435 g/mol. The van der Waals surface area contributed by atoms with Crippen LogP contribution >= 0.6 is 0 Å². The molecule has 2 amide bonds. The van der Waals surface area contributed by atoms with Gasteiger partial charge in [0.2, 0.25) is 5.82 Å². The molecule has 2 heterocycles. The van der Waals surface area contributed by atoms with E-state index in [0.29, 0.717) is 34.1 Å². The minimum Gasteiger partial charge on any atom is -0.497 e. The molecule has 1 aliphatic rings. The van der Waals surface area contributed by atoms with E-state index in [0.717, 1.165) is 5.56 Å². The number of aromatic nitrogens is 2. The number of nitrogens with one attached hydrogen (secondary N) is 1. The van der Waals surface area contributed by atoms with Gasteiger partial charge in [-0.3, -0.25) is 4.90 Å². The lowest BCUT2D eigenvalue weighted by Crippen LogP contribution is -2.46. The number of carbonyl (C=O) groups is 1. The first-order chi connectivity index (χ1) is 16.5. The highest BCUT2D eigenvalue weighted by Gasteiger charge is 2.36. The zero-order valence-corrected chi connectivity index (χ0v) is 18.5. The highest BCUT2D eigenvalue weighted by molar-refractivity contribution is 6.01. The summed E-state index contributed by atoms with van der Waals surface area (Å²) in [5.74, 6) is 1.01. The van der Waals surface area contributed by atoms with E-state index in [-0.39, 0.29) is 17.7 Å². The van der Waals surface area contributed by atoms with Crippen LogP contribution in [0.3, 0.4) is 0 Å². The summed E-state index contributed by atoms with van der Waals surface area (Å²) >= 11 is 0. The SMILES string of the molecule is COc1ccc(N2C(=O)NC(c3ccc(F)cc3)C(c3nc(-c4ccccc4)no3)=C2C)cc1. The van der Waals surface area contributed by atoms with Crippen molar-refractivity contribution in [3.05, 3.63) is 102 Å². The van der Waals surface area contributed by atoms with Crippen LogP contribution in [0.5, 0.6) is 5.75 Å². The van der Waals surface area contributed by atoms with Gasteiger partial charge in [-0.1, -0.05) is 47.6 Å². The van der Waals surface area contributed by atoms with Crippen LogP contribution in [0.25, 0.3) is 17.0 Å². The van der Waals surface area contributed by atoms with E-state index in [1.54, 1.807) is 48.4 Å². The van der Waals surface area contributed by atoms with Crippen molar-refractivity contribution in [2.24, 2.45) is 0 Å². The number of amides is 2. The molecule has 0 aliphatic carbocycles. The Labute approximate surface area is 195 Å². The van der Waals surface area contributed by atoms with Crippen molar-refractivity contribution in [2.45, 2.75) is 13.0 Å². The molecule has 3 aromatic carbocycles. The van der Waals surface area contributed by atoms with Gasteiger partial charge in [0.15, 0.2) is 0 Å². The molecule has 5 rings (SSSR count). The highest BCUT2D eigenvalue weighted by atomic mass is 19.1. The molecule has 0 saturated carbocycles. The van der Waals surface area contributed by atoms with Crippen molar-refractivity contribution in [3.63, 3.8) is 0 Å². The molecule has 7 nitrogen and oxygen atoms in total.